The van der Waals surface area contributed by atoms with Crippen LogP contribution in [0.5, 0.6) is 0 Å². The molecule has 2 unspecified atom stereocenters. The third-order valence-electron chi connectivity index (χ3n) is 3.89. The Hall–Kier alpha value is -1.26. The molecule has 1 aliphatic carbocycles. The summed E-state index contributed by atoms with van der Waals surface area (Å²) in [7, 11) is 0. The second kappa shape index (κ2) is 5.38. The number of carboxylic acids is 1. The summed E-state index contributed by atoms with van der Waals surface area (Å²) in [5.74, 6) is -0.879. The third kappa shape index (κ3) is 2.90. The first-order valence-electron chi connectivity index (χ1n) is 6.44. The molecule has 5 heteroatoms. The Morgan fingerprint density at radius 2 is 1.88 bits per heavy atom. The van der Waals surface area contributed by atoms with Gasteiger partial charge in [0.15, 0.2) is 0 Å². The molecule has 2 N–H and O–H groups in total. The van der Waals surface area contributed by atoms with Crippen molar-refractivity contribution >= 4 is 12.0 Å². The van der Waals surface area contributed by atoms with Crippen LogP contribution in [0.25, 0.3) is 0 Å². The fraction of sp³-hybridized carbons (Fsp3) is 0.833. The second-order valence-electron chi connectivity index (χ2n) is 5.02. The van der Waals surface area contributed by atoms with E-state index in [0.717, 1.165) is 45.2 Å². The predicted octanol–water partition coefficient (Wildman–Crippen LogP) is 1.29. The van der Waals surface area contributed by atoms with Crippen LogP contribution < -0.4 is 5.32 Å². The van der Waals surface area contributed by atoms with Crippen molar-refractivity contribution in [1.29, 1.82) is 0 Å². The molecule has 96 valence electrons. The van der Waals surface area contributed by atoms with Crippen LogP contribution >= 0.6 is 0 Å². The lowest BCUT2D eigenvalue weighted by atomic mass is 9.96. The van der Waals surface area contributed by atoms with Crippen molar-refractivity contribution in [2.24, 2.45) is 11.8 Å². The minimum Gasteiger partial charge on any atom is -0.481 e. The van der Waals surface area contributed by atoms with Crippen molar-refractivity contribution in [3.8, 4) is 0 Å². The maximum atomic E-state index is 11.7. The Kier molecular flexibility index (Phi) is 3.86. The van der Waals surface area contributed by atoms with Crippen LogP contribution in [0.1, 0.15) is 32.1 Å². The molecule has 2 fully saturated rings. The van der Waals surface area contributed by atoms with Crippen LogP contribution in [0.2, 0.25) is 0 Å². The molecule has 0 aromatic rings. The topological polar surface area (TPSA) is 69.6 Å². The maximum Gasteiger partial charge on any atom is 0.317 e. The predicted molar refractivity (Wildman–Crippen MR) is 62.7 cm³/mol. The Labute approximate surface area is 101 Å². The van der Waals surface area contributed by atoms with Gasteiger partial charge in [0.2, 0.25) is 0 Å². The molecular formula is C12H20N2O3. The van der Waals surface area contributed by atoms with Gasteiger partial charge in [-0.3, -0.25) is 4.79 Å². The first-order valence-corrected chi connectivity index (χ1v) is 6.44. The normalized spacial score (nSPS) is 28.4. The van der Waals surface area contributed by atoms with Gasteiger partial charge in [0, 0.05) is 19.6 Å². The van der Waals surface area contributed by atoms with E-state index in [-0.39, 0.29) is 17.9 Å². The molecule has 0 aromatic carbocycles. The van der Waals surface area contributed by atoms with Gasteiger partial charge in [-0.1, -0.05) is 6.42 Å². The van der Waals surface area contributed by atoms with Crippen molar-refractivity contribution < 1.29 is 14.7 Å². The number of nitrogens with zero attached hydrogens (tertiary/aromatic N) is 1. The van der Waals surface area contributed by atoms with Gasteiger partial charge < -0.3 is 15.3 Å². The molecule has 1 saturated carbocycles. The summed E-state index contributed by atoms with van der Waals surface area (Å²) in [5, 5.41) is 11.9. The summed E-state index contributed by atoms with van der Waals surface area (Å²) in [6.07, 6.45) is 4.78. The van der Waals surface area contributed by atoms with Gasteiger partial charge in [-0.25, -0.2) is 4.79 Å². The number of carbonyl (C=O) groups is 2. The summed E-state index contributed by atoms with van der Waals surface area (Å²) in [5.41, 5.74) is 0. The highest BCUT2D eigenvalue weighted by Crippen LogP contribution is 2.31. The molecule has 2 rings (SSSR count). The van der Waals surface area contributed by atoms with Crippen LogP contribution in [-0.4, -0.2) is 41.6 Å². The van der Waals surface area contributed by atoms with E-state index in [1.54, 1.807) is 0 Å². The van der Waals surface area contributed by atoms with Gasteiger partial charge in [0.25, 0.3) is 0 Å². The van der Waals surface area contributed by atoms with Crippen molar-refractivity contribution in [2.75, 3.05) is 19.6 Å². The third-order valence-corrected chi connectivity index (χ3v) is 3.89. The molecule has 5 nitrogen and oxygen atoms in total. The lowest BCUT2D eigenvalue weighted by Gasteiger charge is -2.20. The minimum absolute atomic E-state index is 0.0291. The minimum atomic E-state index is -0.720. The van der Waals surface area contributed by atoms with Gasteiger partial charge in [-0.2, -0.15) is 0 Å². The summed E-state index contributed by atoms with van der Waals surface area (Å²) in [6, 6.07) is -0.0291. The average molecular weight is 240 g/mol. The highest BCUT2D eigenvalue weighted by molar-refractivity contribution is 5.75. The van der Waals surface area contributed by atoms with Crippen molar-refractivity contribution in [2.45, 2.75) is 32.1 Å². The zero-order chi connectivity index (χ0) is 12.3. The van der Waals surface area contributed by atoms with Gasteiger partial charge in [0.1, 0.15) is 0 Å². The highest BCUT2D eigenvalue weighted by atomic mass is 16.4. The monoisotopic (exact) mass is 240 g/mol. The van der Waals surface area contributed by atoms with E-state index in [1.807, 2.05) is 4.90 Å². The Morgan fingerprint density at radius 1 is 1.18 bits per heavy atom. The number of hydrogen-bond acceptors (Lipinski definition) is 2. The Bertz CT molecular complexity index is 300. The van der Waals surface area contributed by atoms with Crippen molar-refractivity contribution in [3.63, 3.8) is 0 Å². The summed E-state index contributed by atoms with van der Waals surface area (Å²) in [6.45, 7) is 2.17. The van der Waals surface area contributed by atoms with Crippen molar-refractivity contribution in [1.82, 2.24) is 10.2 Å². The number of carbonyl (C=O) groups excluding carboxylic acids is 1. The molecule has 0 spiro atoms. The second-order valence-corrected chi connectivity index (χ2v) is 5.02. The van der Waals surface area contributed by atoms with E-state index < -0.39 is 5.97 Å². The number of likely N-dealkylation sites (tertiary alicyclic amines) is 1. The summed E-state index contributed by atoms with van der Waals surface area (Å²) in [4.78, 5) is 24.5. The molecule has 2 atom stereocenters. The average Bonchev–Trinajstić information content (AvgIpc) is 2.96. The van der Waals surface area contributed by atoms with E-state index in [0.29, 0.717) is 6.54 Å². The van der Waals surface area contributed by atoms with E-state index in [4.69, 9.17) is 5.11 Å². The standard InChI is InChI=1S/C12H20N2O3/c15-11(16)10-5-3-4-9(10)8-13-12(17)14-6-1-2-7-14/h9-10H,1-8H2,(H,13,17)(H,15,16). The highest BCUT2D eigenvalue weighted by Gasteiger charge is 2.33. The number of rotatable bonds is 3. The van der Waals surface area contributed by atoms with Gasteiger partial charge in [-0.15, -0.1) is 0 Å². The fourth-order valence-electron chi connectivity index (χ4n) is 2.86. The van der Waals surface area contributed by atoms with Crippen LogP contribution in [-0.2, 0) is 4.79 Å². The largest absolute Gasteiger partial charge is 0.481 e. The summed E-state index contributed by atoms with van der Waals surface area (Å²) < 4.78 is 0. The maximum absolute atomic E-state index is 11.7. The number of amides is 2. The fourth-order valence-corrected chi connectivity index (χ4v) is 2.86. The lowest BCUT2D eigenvalue weighted by molar-refractivity contribution is -0.142. The van der Waals surface area contributed by atoms with E-state index in [9.17, 15) is 9.59 Å². The molecular weight excluding hydrogens is 220 g/mol. The quantitative estimate of drug-likeness (QED) is 0.781. The Balaban J connectivity index is 1.77. The first-order chi connectivity index (χ1) is 8.18. The Morgan fingerprint density at radius 3 is 2.53 bits per heavy atom. The number of hydrogen-bond donors (Lipinski definition) is 2. The molecule has 0 bridgehead atoms. The number of urea groups is 1. The first kappa shape index (κ1) is 12.2. The van der Waals surface area contributed by atoms with Gasteiger partial charge in [0.05, 0.1) is 5.92 Å². The molecule has 0 radical (unpaired) electrons. The SMILES string of the molecule is O=C(O)C1CCCC1CNC(=O)N1CCCC1. The van der Waals surface area contributed by atoms with E-state index >= 15 is 0 Å². The molecule has 1 heterocycles. The lowest BCUT2D eigenvalue weighted by Crippen LogP contribution is -2.41. The van der Waals surface area contributed by atoms with Crippen LogP contribution in [0.4, 0.5) is 4.79 Å². The number of nitrogens with one attached hydrogen (secondary N) is 1. The van der Waals surface area contributed by atoms with Gasteiger partial charge >= 0.3 is 12.0 Å². The van der Waals surface area contributed by atoms with E-state index in [2.05, 4.69) is 5.32 Å². The molecule has 1 saturated heterocycles. The molecule has 17 heavy (non-hydrogen) atoms. The zero-order valence-electron chi connectivity index (χ0n) is 10.0. The van der Waals surface area contributed by atoms with Crippen LogP contribution in [0.15, 0.2) is 0 Å². The number of aliphatic carboxylic acids is 1. The zero-order valence-corrected chi connectivity index (χ0v) is 10.0. The molecule has 2 aliphatic rings. The van der Waals surface area contributed by atoms with E-state index in [1.165, 1.54) is 0 Å². The van der Waals surface area contributed by atoms with Crippen molar-refractivity contribution in [3.05, 3.63) is 0 Å². The smallest absolute Gasteiger partial charge is 0.317 e. The number of carboxylic acid groups (broad SMARTS) is 1. The molecule has 1 aliphatic heterocycles. The molecule has 0 aromatic heterocycles. The van der Waals surface area contributed by atoms with Crippen LogP contribution in [0, 0.1) is 11.8 Å². The van der Waals surface area contributed by atoms with Crippen LogP contribution in [0.3, 0.4) is 0 Å². The summed E-state index contributed by atoms with van der Waals surface area (Å²) >= 11 is 0. The molecule has 2 amide bonds. The van der Waals surface area contributed by atoms with Gasteiger partial charge in [-0.05, 0) is 31.6 Å².